The maximum Gasteiger partial charge on any atom is 0.0474 e. The third-order valence-electron chi connectivity index (χ3n) is 2.28. The highest BCUT2D eigenvalue weighted by Crippen LogP contribution is 2.21. The molecule has 0 atom stereocenters. The van der Waals surface area contributed by atoms with Gasteiger partial charge in [-0.25, -0.2) is 0 Å². The molecule has 66 valence electrons. The molecule has 0 saturated carbocycles. The zero-order chi connectivity index (χ0) is 9.26. The summed E-state index contributed by atoms with van der Waals surface area (Å²) in [4.78, 5) is 0. The Morgan fingerprint density at radius 1 is 1.15 bits per heavy atom. The lowest BCUT2D eigenvalue weighted by atomic mass is 10.0. The quantitative estimate of drug-likeness (QED) is 0.599. The van der Waals surface area contributed by atoms with Crippen molar-refractivity contribution in [1.82, 2.24) is 0 Å². The number of halogens is 1. The molecule has 0 radical (unpaired) electrons. The molecule has 0 bridgehead atoms. The molecule has 2 rings (SSSR count). The van der Waals surface area contributed by atoms with Gasteiger partial charge in [0.1, 0.15) is 0 Å². The lowest BCUT2D eigenvalue weighted by molar-refractivity contribution is 1.38. The van der Waals surface area contributed by atoms with Gasteiger partial charge in [-0.3, -0.25) is 0 Å². The molecule has 0 aliphatic carbocycles. The Labute approximate surface area is 83.1 Å². The minimum absolute atomic E-state index is 0.589. The van der Waals surface area contributed by atoms with E-state index in [9.17, 15) is 0 Å². The van der Waals surface area contributed by atoms with Crippen molar-refractivity contribution in [3.05, 3.63) is 47.5 Å². The predicted molar refractivity (Wildman–Crippen MR) is 58.2 cm³/mol. The number of hydrogen-bond donors (Lipinski definition) is 0. The summed E-state index contributed by atoms with van der Waals surface area (Å²) in [5.41, 5.74) is 2.49. The summed E-state index contributed by atoms with van der Waals surface area (Å²) in [6.45, 7) is 2.12. The Balaban J connectivity index is 2.77. The van der Waals surface area contributed by atoms with Gasteiger partial charge in [0.05, 0.1) is 0 Å². The third kappa shape index (κ3) is 1.54. The van der Waals surface area contributed by atoms with Crippen LogP contribution in [0.25, 0.3) is 10.8 Å². The van der Waals surface area contributed by atoms with E-state index in [2.05, 4.69) is 43.3 Å². The highest BCUT2D eigenvalue weighted by Gasteiger charge is 1.98. The first-order valence-electron chi connectivity index (χ1n) is 4.35. The second kappa shape index (κ2) is 3.39. The normalized spacial score (nSPS) is 10.6. The molecular formula is C12H11Cl. The van der Waals surface area contributed by atoms with E-state index in [-0.39, 0.29) is 0 Å². The van der Waals surface area contributed by atoms with Crippen LogP contribution in [0.1, 0.15) is 11.1 Å². The minimum Gasteiger partial charge on any atom is -0.122 e. The van der Waals surface area contributed by atoms with Gasteiger partial charge in [0.25, 0.3) is 0 Å². The van der Waals surface area contributed by atoms with Crippen molar-refractivity contribution < 1.29 is 0 Å². The molecule has 2 aromatic rings. The summed E-state index contributed by atoms with van der Waals surface area (Å²) in [5, 5.41) is 2.59. The number of fused-ring (bicyclic) bond motifs is 1. The summed E-state index contributed by atoms with van der Waals surface area (Å²) in [6, 6.07) is 12.7. The van der Waals surface area contributed by atoms with Crippen molar-refractivity contribution >= 4 is 22.4 Å². The van der Waals surface area contributed by atoms with Crippen LogP contribution in [0.4, 0.5) is 0 Å². The van der Waals surface area contributed by atoms with Crippen molar-refractivity contribution in [2.24, 2.45) is 0 Å². The third-order valence-corrected chi connectivity index (χ3v) is 2.59. The van der Waals surface area contributed by atoms with E-state index in [1.165, 1.54) is 21.9 Å². The first kappa shape index (κ1) is 8.58. The Morgan fingerprint density at radius 3 is 2.69 bits per heavy atom. The van der Waals surface area contributed by atoms with Gasteiger partial charge in [-0.2, -0.15) is 0 Å². The second-order valence-electron chi connectivity index (χ2n) is 3.27. The van der Waals surface area contributed by atoms with Crippen LogP contribution in [0.2, 0.25) is 0 Å². The van der Waals surface area contributed by atoms with E-state index in [0.717, 1.165) is 0 Å². The Hall–Kier alpha value is -1.01. The highest BCUT2D eigenvalue weighted by molar-refractivity contribution is 6.17. The minimum atomic E-state index is 0.589. The van der Waals surface area contributed by atoms with Gasteiger partial charge >= 0.3 is 0 Å². The molecule has 0 aliphatic heterocycles. The Bertz CT molecular complexity index is 432. The molecule has 0 unspecified atom stereocenters. The van der Waals surface area contributed by atoms with Crippen molar-refractivity contribution in [2.75, 3.05) is 0 Å². The first-order chi connectivity index (χ1) is 6.31. The van der Waals surface area contributed by atoms with E-state index in [1.54, 1.807) is 0 Å². The zero-order valence-electron chi connectivity index (χ0n) is 7.55. The molecule has 0 heterocycles. The van der Waals surface area contributed by atoms with Gasteiger partial charge in [-0.05, 0) is 34.9 Å². The summed E-state index contributed by atoms with van der Waals surface area (Å²) in [6.07, 6.45) is 0. The van der Waals surface area contributed by atoms with E-state index >= 15 is 0 Å². The molecule has 13 heavy (non-hydrogen) atoms. The van der Waals surface area contributed by atoms with E-state index < -0.39 is 0 Å². The first-order valence-corrected chi connectivity index (χ1v) is 4.89. The molecule has 0 nitrogen and oxygen atoms in total. The van der Waals surface area contributed by atoms with Gasteiger partial charge in [0, 0.05) is 5.88 Å². The average molecular weight is 191 g/mol. The lowest BCUT2D eigenvalue weighted by Gasteiger charge is -2.04. The number of benzene rings is 2. The van der Waals surface area contributed by atoms with Gasteiger partial charge in [0.15, 0.2) is 0 Å². The van der Waals surface area contributed by atoms with Crippen LogP contribution < -0.4 is 0 Å². The molecule has 0 aromatic heterocycles. The molecule has 0 saturated heterocycles. The van der Waals surface area contributed by atoms with Gasteiger partial charge < -0.3 is 0 Å². The topological polar surface area (TPSA) is 0 Å². The van der Waals surface area contributed by atoms with E-state index in [4.69, 9.17) is 11.6 Å². The lowest BCUT2D eigenvalue weighted by Crippen LogP contribution is -1.83. The maximum absolute atomic E-state index is 5.80. The van der Waals surface area contributed by atoms with Crippen LogP contribution in [0.3, 0.4) is 0 Å². The van der Waals surface area contributed by atoms with Crippen LogP contribution in [0.15, 0.2) is 36.4 Å². The van der Waals surface area contributed by atoms with Crippen molar-refractivity contribution in [3.63, 3.8) is 0 Å². The van der Waals surface area contributed by atoms with Crippen LogP contribution in [-0.4, -0.2) is 0 Å². The fourth-order valence-electron chi connectivity index (χ4n) is 1.66. The molecule has 0 spiro atoms. The molecule has 0 aliphatic rings. The van der Waals surface area contributed by atoms with Gasteiger partial charge in [-0.1, -0.05) is 30.3 Å². The van der Waals surface area contributed by atoms with Crippen molar-refractivity contribution in [3.8, 4) is 0 Å². The SMILES string of the molecule is Cc1cc(CCl)cc2ccccc12. The molecule has 0 amide bonds. The highest BCUT2D eigenvalue weighted by atomic mass is 35.5. The Morgan fingerprint density at radius 2 is 1.92 bits per heavy atom. The molecule has 0 fully saturated rings. The largest absolute Gasteiger partial charge is 0.122 e. The van der Waals surface area contributed by atoms with E-state index in [0.29, 0.717) is 5.88 Å². The standard InChI is InChI=1S/C12H11Cl/c1-9-6-10(8-13)7-11-4-2-3-5-12(9)11/h2-7H,8H2,1H3. The van der Waals surface area contributed by atoms with Gasteiger partial charge in [0.2, 0.25) is 0 Å². The fourth-order valence-corrected chi connectivity index (χ4v) is 1.81. The Kier molecular flexibility index (Phi) is 2.24. The van der Waals surface area contributed by atoms with Crippen LogP contribution in [-0.2, 0) is 5.88 Å². The molecule has 2 aromatic carbocycles. The molecule has 1 heteroatoms. The van der Waals surface area contributed by atoms with Crippen LogP contribution in [0.5, 0.6) is 0 Å². The fraction of sp³-hybridized carbons (Fsp3) is 0.167. The molecule has 0 N–H and O–H groups in total. The summed E-state index contributed by atoms with van der Waals surface area (Å²) < 4.78 is 0. The summed E-state index contributed by atoms with van der Waals surface area (Å²) in [5.74, 6) is 0.589. The number of hydrogen-bond acceptors (Lipinski definition) is 0. The smallest absolute Gasteiger partial charge is 0.0474 e. The number of aryl methyl sites for hydroxylation is 1. The number of alkyl halides is 1. The molecular weight excluding hydrogens is 180 g/mol. The zero-order valence-corrected chi connectivity index (χ0v) is 8.31. The average Bonchev–Trinajstić information content (AvgIpc) is 2.18. The van der Waals surface area contributed by atoms with Crippen molar-refractivity contribution in [2.45, 2.75) is 12.8 Å². The van der Waals surface area contributed by atoms with Crippen LogP contribution >= 0.6 is 11.6 Å². The summed E-state index contributed by atoms with van der Waals surface area (Å²) >= 11 is 5.80. The van der Waals surface area contributed by atoms with Crippen LogP contribution in [0, 0.1) is 6.92 Å². The maximum atomic E-state index is 5.80. The summed E-state index contributed by atoms with van der Waals surface area (Å²) in [7, 11) is 0. The predicted octanol–water partition coefficient (Wildman–Crippen LogP) is 3.89. The van der Waals surface area contributed by atoms with E-state index in [1.807, 2.05) is 0 Å². The van der Waals surface area contributed by atoms with Gasteiger partial charge in [-0.15, -0.1) is 11.6 Å². The second-order valence-corrected chi connectivity index (χ2v) is 3.53. The van der Waals surface area contributed by atoms with Crippen molar-refractivity contribution in [1.29, 1.82) is 0 Å². The monoisotopic (exact) mass is 190 g/mol. The number of rotatable bonds is 1.